The van der Waals surface area contributed by atoms with E-state index in [2.05, 4.69) is 10.2 Å². The Labute approximate surface area is 93.2 Å². The Morgan fingerprint density at radius 2 is 1.82 bits per heavy atom. The molecule has 0 unspecified atom stereocenters. The van der Waals surface area contributed by atoms with Crippen LogP contribution in [0.25, 0.3) is 22.2 Å². The van der Waals surface area contributed by atoms with E-state index in [1.165, 1.54) is 6.26 Å². The van der Waals surface area contributed by atoms with E-state index in [4.69, 9.17) is 4.42 Å². The molecule has 17 heavy (non-hydrogen) atoms. The van der Waals surface area contributed by atoms with Crippen LogP contribution >= 0.6 is 0 Å². The molecule has 0 aromatic heterocycles. The van der Waals surface area contributed by atoms with Crippen molar-refractivity contribution in [1.82, 2.24) is 10.2 Å². The van der Waals surface area contributed by atoms with Gasteiger partial charge in [-0.2, -0.15) is 13.2 Å². The quantitative estimate of drug-likeness (QED) is 0.602. The van der Waals surface area contributed by atoms with Gasteiger partial charge in [-0.3, -0.25) is 0 Å². The summed E-state index contributed by atoms with van der Waals surface area (Å²) in [5.41, 5.74) is -0.950. The third kappa shape index (κ3) is 1.44. The number of alkyl halides is 3. The van der Waals surface area contributed by atoms with Crippen LogP contribution in [0.4, 0.5) is 13.2 Å². The predicted molar refractivity (Wildman–Crippen MR) is 53.4 cm³/mol. The maximum Gasteiger partial charge on any atom is 0.439 e. The van der Waals surface area contributed by atoms with Gasteiger partial charge in [0.1, 0.15) is 5.69 Å². The van der Waals surface area contributed by atoms with E-state index < -0.39 is 11.9 Å². The standard InChI is InChI=1S/C11H5F3N2O/c12-11(13,14)10-9-8(15-16-10)7-4-2-1-3-6(7)5-17-9/h1-5H. The first kappa shape index (κ1) is 10.1. The molecule has 0 bridgehead atoms. The van der Waals surface area contributed by atoms with Crippen molar-refractivity contribution in [3.8, 4) is 11.5 Å². The van der Waals surface area contributed by atoms with Crippen LogP contribution in [0.15, 0.2) is 34.9 Å². The summed E-state index contributed by atoms with van der Waals surface area (Å²) in [6.07, 6.45) is -3.28. The average Bonchev–Trinajstić information content (AvgIpc) is 2.72. The van der Waals surface area contributed by atoms with E-state index >= 15 is 0 Å². The first-order valence-corrected chi connectivity index (χ1v) is 4.77. The fourth-order valence-electron chi connectivity index (χ4n) is 1.71. The minimum Gasteiger partial charge on any atom is -0.460 e. The molecule has 2 aliphatic heterocycles. The summed E-state index contributed by atoms with van der Waals surface area (Å²) in [5.74, 6) is -0.323. The van der Waals surface area contributed by atoms with Crippen molar-refractivity contribution >= 4 is 10.8 Å². The molecule has 86 valence electrons. The molecule has 0 fully saturated rings. The molecular formula is C11H5F3N2O. The SMILES string of the molecule is FC(F)(F)c1nnc2c3ccccc3coc1-2. The highest BCUT2D eigenvalue weighted by Gasteiger charge is 2.40. The van der Waals surface area contributed by atoms with Gasteiger partial charge in [-0.25, -0.2) is 0 Å². The Morgan fingerprint density at radius 1 is 1.06 bits per heavy atom. The molecule has 3 rings (SSSR count). The molecule has 1 aromatic carbocycles. The largest absolute Gasteiger partial charge is 0.460 e. The molecule has 0 saturated carbocycles. The maximum absolute atomic E-state index is 12.6. The second-order valence-corrected chi connectivity index (χ2v) is 3.55. The molecule has 1 aromatic rings. The number of benzene rings is 1. The van der Waals surface area contributed by atoms with Gasteiger partial charge in [0.15, 0.2) is 5.76 Å². The second-order valence-electron chi connectivity index (χ2n) is 3.55. The summed E-state index contributed by atoms with van der Waals surface area (Å²) in [7, 11) is 0. The fourth-order valence-corrected chi connectivity index (χ4v) is 1.71. The fraction of sp³-hybridized carbons (Fsp3) is 0.0909. The molecule has 0 saturated heterocycles. The van der Waals surface area contributed by atoms with Gasteiger partial charge >= 0.3 is 6.18 Å². The molecule has 3 nitrogen and oxygen atoms in total. The van der Waals surface area contributed by atoms with Gasteiger partial charge in [-0.05, 0) is 0 Å². The lowest BCUT2D eigenvalue weighted by Crippen LogP contribution is -2.06. The maximum atomic E-state index is 12.6. The van der Waals surface area contributed by atoms with Crippen molar-refractivity contribution in [2.24, 2.45) is 0 Å². The van der Waals surface area contributed by atoms with Crippen LogP contribution in [0.2, 0.25) is 0 Å². The lowest BCUT2D eigenvalue weighted by Gasteiger charge is -2.05. The zero-order valence-corrected chi connectivity index (χ0v) is 8.32. The van der Waals surface area contributed by atoms with Crippen molar-refractivity contribution < 1.29 is 17.6 Å². The topological polar surface area (TPSA) is 38.9 Å². The van der Waals surface area contributed by atoms with Crippen LogP contribution in [0.1, 0.15) is 5.69 Å². The zero-order chi connectivity index (χ0) is 12.0. The van der Waals surface area contributed by atoms with Crippen LogP contribution in [0, 0.1) is 0 Å². The van der Waals surface area contributed by atoms with Crippen molar-refractivity contribution in [1.29, 1.82) is 0 Å². The number of aromatic nitrogens is 2. The normalized spacial score (nSPS) is 12.4. The second kappa shape index (κ2) is 3.19. The molecule has 6 heteroatoms. The van der Waals surface area contributed by atoms with E-state index in [9.17, 15) is 13.2 Å². The van der Waals surface area contributed by atoms with Gasteiger partial charge in [-0.1, -0.05) is 24.3 Å². The summed E-state index contributed by atoms with van der Waals surface area (Å²) in [6.45, 7) is 0. The van der Waals surface area contributed by atoms with Crippen molar-refractivity contribution in [3.05, 3.63) is 36.2 Å². The summed E-state index contributed by atoms with van der Waals surface area (Å²) in [5, 5.41) is 7.98. The average molecular weight is 238 g/mol. The molecule has 0 aliphatic carbocycles. The van der Waals surface area contributed by atoms with E-state index in [1.807, 2.05) is 0 Å². The van der Waals surface area contributed by atoms with Crippen molar-refractivity contribution in [2.75, 3.05) is 0 Å². The number of halogens is 3. The highest BCUT2D eigenvalue weighted by Crippen LogP contribution is 2.39. The summed E-state index contributed by atoms with van der Waals surface area (Å²) >= 11 is 0. The Balaban J connectivity index is 2.36. The smallest absolute Gasteiger partial charge is 0.439 e. The number of rotatable bonds is 0. The van der Waals surface area contributed by atoms with Crippen LogP contribution in [0.3, 0.4) is 0 Å². The van der Waals surface area contributed by atoms with Crippen LogP contribution < -0.4 is 0 Å². The molecule has 0 amide bonds. The lowest BCUT2D eigenvalue weighted by atomic mass is 10.1. The Morgan fingerprint density at radius 3 is 2.59 bits per heavy atom. The van der Waals surface area contributed by atoms with Crippen LogP contribution in [0.5, 0.6) is 0 Å². The molecular weight excluding hydrogens is 233 g/mol. The molecule has 0 atom stereocenters. The first-order chi connectivity index (χ1) is 8.07. The summed E-state index contributed by atoms with van der Waals surface area (Å²) < 4.78 is 42.7. The van der Waals surface area contributed by atoms with Gasteiger partial charge in [-0.15, -0.1) is 10.2 Å². The lowest BCUT2D eigenvalue weighted by molar-refractivity contribution is -0.141. The van der Waals surface area contributed by atoms with Crippen LogP contribution in [-0.4, -0.2) is 10.2 Å². The third-order valence-electron chi connectivity index (χ3n) is 2.47. The molecule has 2 heterocycles. The van der Waals surface area contributed by atoms with Crippen LogP contribution in [-0.2, 0) is 6.18 Å². The highest BCUT2D eigenvalue weighted by atomic mass is 19.4. The van der Waals surface area contributed by atoms with Gasteiger partial charge < -0.3 is 4.42 Å². The Bertz CT molecular complexity index is 659. The van der Waals surface area contributed by atoms with E-state index in [0.717, 1.165) is 0 Å². The van der Waals surface area contributed by atoms with Gasteiger partial charge in [0.25, 0.3) is 0 Å². The van der Waals surface area contributed by atoms with Crippen molar-refractivity contribution in [3.63, 3.8) is 0 Å². The molecule has 0 radical (unpaired) electrons. The van der Waals surface area contributed by atoms with E-state index in [0.29, 0.717) is 10.8 Å². The number of fused-ring (bicyclic) bond motifs is 3. The van der Waals surface area contributed by atoms with Gasteiger partial charge in [0.05, 0.1) is 6.26 Å². The minimum atomic E-state index is -4.55. The minimum absolute atomic E-state index is 0.135. The van der Waals surface area contributed by atoms with E-state index in [-0.39, 0.29) is 11.5 Å². The predicted octanol–water partition coefficient (Wildman–Crippen LogP) is 3.35. The zero-order valence-electron chi connectivity index (χ0n) is 8.32. The van der Waals surface area contributed by atoms with E-state index in [1.54, 1.807) is 24.3 Å². The Hall–Kier alpha value is -2.11. The monoisotopic (exact) mass is 238 g/mol. The number of hydrogen-bond acceptors (Lipinski definition) is 3. The Kier molecular flexibility index (Phi) is 1.89. The van der Waals surface area contributed by atoms with Gasteiger partial charge in [0, 0.05) is 10.8 Å². The third-order valence-corrected chi connectivity index (χ3v) is 2.47. The number of hydrogen-bond donors (Lipinski definition) is 0. The number of nitrogens with zero attached hydrogens (tertiary/aromatic N) is 2. The first-order valence-electron chi connectivity index (χ1n) is 4.77. The van der Waals surface area contributed by atoms with Crippen molar-refractivity contribution in [2.45, 2.75) is 6.18 Å². The summed E-state index contributed by atoms with van der Waals surface area (Å²) in [6, 6.07) is 6.91. The molecule has 0 N–H and O–H groups in total. The molecule has 0 spiro atoms. The highest BCUT2D eigenvalue weighted by molar-refractivity contribution is 5.93. The van der Waals surface area contributed by atoms with Gasteiger partial charge in [0.2, 0.25) is 5.69 Å². The summed E-state index contributed by atoms with van der Waals surface area (Å²) in [4.78, 5) is 0. The molecule has 2 aliphatic rings.